The van der Waals surface area contributed by atoms with E-state index in [1.807, 2.05) is 0 Å². The van der Waals surface area contributed by atoms with Gasteiger partial charge in [-0.3, -0.25) is 0 Å². The third-order valence-electron chi connectivity index (χ3n) is 19.6. The molecule has 17 aromatic carbocycles. The van der Waals surface area contributed by atoms with Gasteiger partial charge < -0.3 is 9.80 Å². The molecule has 0 fully saturated rings. The predicted octanol–water partition coefficient (Wildman–Crippen LogP) is 18.3. The normalized spacial score (nSPS) is 11.8. The van der Waals surface area contributed by atoms with Gasteiger partial charge in [0.25, 0.3) is 0 Å². The van der Waals surface area contributed by atoms with Crippen LogP contribution in [0.15, 0.2) is 388 Å². The molecular formula is C90H64N2Si2. The monoisotopic (exact) mass is 1230 g/mol. The standard InChI is InChI=1S/C90H64N2Si2/c1-11-31-65(32-12-1)91(66-33-13-2-14-34-66)69-51-55-79-83(59-69)85-61-77(93(71-39-19-5-20-40-71,72-41-21-6-22-42-72)73-43-23-7-24-44-73)53-57-81(85)89-64-88-80-56-52-70(92(67-35-15-3-16-36-67)68-37-17-4-18-38-68)60-84(80)86-62-78(54-58-82(86)90(88)63-87(79)89)94(74-45-25-8-26-46-74,75-47-27-9-28-48-75)76-49-29-10-30-50-76/h1-64H. The van der Waals surface area contributed by atoms with Gasteiger partial charge >= 0.3 is 0 Å². The molecular weight excluding hydrogens is 1170 g/mol. The smallest absolute Gasteiger partial charge is 0.179 e. The Kier molecular flexibility index (Phi) is 14.3. The van der Waals surface area contributed by atoms with Gasteiger partial charge in [-0.25, -0.2) is 0 Å². The van der Waals surface area contributed by atoms with Crippen LogP contribution in [0.3, 0.4) is 0 Å². The summed E-state index contributed by atoms with van der Waals surface area (Å²) in [6.07, 6.45) is 0. The van der Waals surface area contributed by atoms with Crippen molar-refractivity contribution in [1.29, 1.82) is 0 Å². The van der Waals surface area contributed by atoms with Crippen LogP contribution in [-0.2, 0) is 0 Å². The molecule has 4 heteroatoms. The van der Waals surface area contributed by atoms with Crippen LogP contribution in [0.2, 0.25) is 0 Å². The average molecular weight is 1230 g/mol. The molecule has 0 unspecified atom stereocenters. The van der Waals surface area contributed by atoms with Crippen molar-refractivity contribution in [2.75, 3.05) is 9.80 Å². The first-order valence-electron chi connectivity index (χ1n) is 32.6. The number of rotatable bonds is 14. The number of hydrogen-bond donors (Lipinski definition) is 0. The van der Waals surface area contributed by atoms with E-state index in [2.05, 4.69) is 398 Å². The van der Waals surface area contributed by atoms with Crippen molar-refractivity contribution < 1.29 is 0 Å². The van der Waals surface area contributed by atoms with Crippen molar-refractivity contribution in [3.8, 4) is 0 Å². The van der Waals surface area contributed by atoms with E-state index in [1.54, 1.807) is 0 Å². The van der Waals surface area contributed by atoms with Crippen molar-refractivity contribution in [1.82, 2.24) is 0 Å². The van der Waals surface area contributed by atoms with E-state index < -0.39 is 16.1 Å². The molecule has 0 saturated carbocycles. The summed E-state index contributed by atoms with van der Waals surface area (Å²) in [4.78, 5) is 4.81. The van der Waals surface area contributed by atoms with Gasteiger partial charge in [0.1, 0.15) is 0 Å². The maximum atomic E-state index is 2.59. The second kappa shape index (κ2) is 23.9. The minimum absolute atomic E-state index is 1.09. The average Bonchev–Trinajstić information content (AvgIpc) is 0.715. The molecule has 442 valence electrons. The zero-order valence-corrected chi connectivity index (χ0v) is 53.8. The Hall–Kier alpha value is -11.7. The van der Waals surface area contributed by atoms with E-state index in [9.17, 15) is 0 Å². The van der Waals surface area contributed by atoms with Gasteiger partial charge in [0, 0.05) is 34.1 Å². The van der Waals surface area contributed by atoms with Crippen molar-refractivity contribution >= 4 is 156 Å². The number of para-hydroxylation sites is 4. The molecule has 94 heavy (non-hydrogen) atoms. The first kappa shape index (κ1) is 56.3. The third-order valence-corrected chi connectivity index (χ3v) is 29.2. The quantitative estimate of drug-likeness (QED) is 0.0463. The molecule has 0 heterocycles. The lowest BCUT2D eigenvalue weighted by Crippen LogP contribution is -2.74. The van der Waals surface area contributed by atoms with Gasteiger partial charge in [0.15, 0.2) is 16.1 Å². The summed E-state index contributed by atoms with van der Waals surface area (Å²) in [5.74, 6) is 0. The SMILES string of the molecule is c1ccc(N(c2ccccc2)c2ccc3c(c2)c2cc([Si](c4ccccc4)(c4ccccc4)c4ccccc4)ccc2c2cc4c5ccc(N(c6ccccc6)c6ccccc6)cc5c5cc([Si](c6ccccc6)(c6ccccc6)c6ccccc6)ccc5c4cc32)cc1. The molecule has 0 bridgehead atoms. The Labute approximate surface area is 550 Å². The van der Waals surface area contributed by atoms with Crippen LogP contribution in [0.4, 0.5) is 34.1 Å². The van der Waals surface area contributed by atoms with E-state index in [1.165, 1.54) is 106 Å². The molecule has 0 aliphatic rings. The maximum absolute atomic E-state index is 2.98. The van der Waals surface area contributed by atoms with E-state index in [0.717, 1.165) is 34.1 Å². The largest absolute Gasteiger partial charge is 0.310 e. The lowest BCUT2D eigenvalue weighted by molar-refractivity contribution is 1.29. The molecule has 0 aromatic heterocycles. The third kappa shape index (κ3) is 9.37. The van der Waals surface area contributed by atoms with Crippen LogP contribution < -0.4 is 51.3 Å². The number of fused-ring (bicyclic) bond motifs is 12. The molecule has 0 radical (unpaired) electrons. The van der Waals surface area contributed by atoms with Crippen LogP contribution in [0, 0.1) is 0 Å². The summed E-state index contributed by atoms with van der Waals surface area (Å²) < 4.78 is 0. The molecule has 0 aliphatic carbocycles. The topological polar surface area (TPSA) is 6.48 Å². The highest BCUT2D eigenvalue weighted by Gasteiger charge is 2.43. The van der Waals surface area contributed by atoms with Gasteiger partial charge in [-0.2, -0.15) is 0 Å². The lowest BCUT2D eigenvalue weighted by atomic mass is 9.88. The van der Waals surface area contributed by atoms with E-state index >= 15 is 0 Å². The van der Waals surface area contributed by atoms with E-state index in [-0.39, 0.29) is 0 Å². The Morgan fingerprint density at radius 2 is 0.319 bits per heavy atom. The second-order valence-corrected chi connectivity index (χ2v) is 32.3. The molecule has 0 N–H and O–H groups in total. The maximum Gasteiger partial charge on any atom is 0.179 e. The van der Waals surface area contributed by atoms with Crippen molar-refractivity contribution in [2.45, 2.75) is 0 Å². The highest BCUT2D eigenvalue weighted by Crippen LogP contribution is 2.46. The fraction of sp³-hybridized carbons (Fsp3) is 0. The lowest BCUT2D eigenvalue weighted by Gasteiger charge is -2.35. The number of hydrogen-bond acceptors (Lipinski definition) is 2. The van der Waals surface area contributed by atoms with Crippen LogP contribution in [0.5, 0.6) is 0 Å². The Morgan fingerprint density at radius 1 is 0.128 bits per heavy atom. The highest BCUT2D eigenvalue weighted by molar-refractivity contribution is 7.20. The zero-order valence-electron chi connectivity index (χ0n) is 51.8. The fourth-order valence-corrected chi connectivity index (χ4v) is 25.1. The van der Waals surface area contributed by atoms with Gasteiger partial charge in [0.2, 0.25) is 0 Å². The van der Waals surface area contributed by atoms with Gasteiger partial charge in [-0.05, 0) is 191 Å². The molecule has 2 nitrogen and oxygen atoms in total. The molecule has 0 spiro atoms. The Morgan fingerprint density at radius 3 is 0.553 bits per heavy atom. The van der Waals surface area contributed by atoms with E-state index in [0.29, 0.717) is 0 Å². The molecule has 0 atom stereocenters. The Balaban J connectivity index is 1.01. The van der Waals surface area contributed by atoms with Crippen molar-refractivity contribution in [3.63, 3.8) is 0 Å². The summed E-state index contributed by atoms with van der Waals surface area (Å²) in [7, 11) is -5.96. The van der Waals surface area contributed by atoms with Crippen molar-refractivity contribution in [2.24, 2.45) is 0 Å². The minimum atomic E-state index is -2.98. The summed E-state index contributed by atoms with van der Waals surface area (Å²) in [6, 6.07) is 146. The summed E-state index contributed by atoms with van der Waals surface area (Å²) in [6.45, 7) is 0. The predicted molar refractivity (Wildman–Crippen MR) is 408 cm³/mol. The molecule has 17 rings (SSSR count). The number of benzene rings is 17. The van der Waals surface area contributed by atoms with Crippen LogP contribution in [0.25, 0.3) is 64.6 Å². The van der Waals surface area contributed by atoms with Crippen LogP contribution in [-0.4, -0.2) is 16.1 Å². The fourth-order valence-electron chi connectivity index (χ4n) is 15.6. The minimum Gasteiger partial charge on any atom is -0.310 e. The summed E-state index contributed by atoms with van der Waals surface area (Å²) >= 11 is 0. The first-order valence-corrected chi connectivity index (χ1v) is 36.6. The zero-order chi connectivity index (χ0) is 62.4. The van der Waals surface area contributed by atoms with Crippen molar-refractivity contribution in [3.05, 3.63) is 388 Å². The number of nitrogens with zero attached hydrogens (tertiary/aromatic N) is 2. The summed E-state index contributed by atoms with van der Waals surface area (Å²) in [5, 5.41) is 25.4. The molecule has 17 aromatic rings. The van der Waals surface area contributed by atoms with Crippen LogP contribution in [0.1, 0.15) is 0 Å². The summed E-state index contributed by atoms with van der Waals surface area (Å²) in [5.41, 5.74) is 6.59. The molecule has 0 aliphatic heterocycles. The first-order chi connectivity index (χ1) is 46.6. The van der Waals surface area contributed by atoms with Gasteiger partial charge in [-0.15, -0.1) is 0 Å². The number of anilines is 6. The van der Waals surface area contributed by atoms with Gasteiger partial charge in [0.05, 0.1) is 0 Å². The van der Waals surface area contributed by atoms with Crippen LogP contribution >= 0.6 is 0 Å². The van der Waals surface area contributed by atoms with Gasteiger partial charge in [-0.1, -0.05) is 303 Å². The van der Waals surface area contributed by atoms with E-state index in [4.69, 9.17) is 0 Å². The Bertz CT molecular complexity index is 4950. The molecule has 0 amide bonds. The molecule has 0 saturated heterocycles. The highest BCUT2D eigenvalue weighted by atomic mass is 28.3. The second-order valence-electron chi connectivity index (χ2n) is 24.6.